The summed E-state index contributed by atoms with van der Waals surface area (Å²) in [6, 6.07) is 13.7. The zero-order valence-electron chi connectivity index (χ0n) is 18.3. The monoisotopic (exact) mass is 424 g/mol. The van der Waals surface area contributed by atoms with Crippen molar-refractivity contribution in [2.24, 2.45) is 5.92 Å². The number of hydrogen-bond acceptors (Lipinski definition) is 4. The topological polar surface area (TPSA) is 63.0 Å². The van der Waals surface area contributed by atoms with E-state index in [0.29, 0.717) is 19.6 Å². The SMILES string of the molecule is Cc1ccc(CN(Cc2ccccc2)C(=O)CN(C[C@H]2CCCO2)C(=O)C2CCC2)o1. The van der Waals surface area contributed by atoms with Gasteiger partial charge in [0.2, 0.25) is 11.8 Å². The molecule has 0 spiro atoms. The van der Waals surface area contributed by atoms with Crippen LogP contribution in [0.2, 0.25) is 0 Å². The van der Waals surface area contributed by atoms with Crippen molar-refractivity contribution in [3.05, 3.63) is 59.5 Å². The van der Waals surface area contributed by atoms with E-state index in [1.54, 1.807) is 9.80 Å². The predicted molar refractivity (Wildman–Crippen MR) is 117 cm³/mol. The maximum Gasteiger partial charge on any atom is 0.242 e. The fourth-order valence-electron chi connectivity index (χ4n) is 4.24. The highest BCUT2D eigenvalue weighted by Gasteiger charge is 2.33. The summed E-state index contributed by atoms with van der Waals surface area (Å²) in [7, 11) is 0. The fraction of sp³-hybridized carbons (Fsp3) is 0.520. The summed E-state index contributed by atoms with van der Waals surface area (Å²) >= 11 is 0. The summed E-state index contributed by atoms with van der Waals surface area (Å²) < 4.78 is 11.5. The van der Waals surface area contributed by atoms with Crippen molar-refractivity contribution < 1.29 is 18.7 Å². The Hall–Kier alpha value is -2.60. The number of furan rings is 1. The van der Waals surface area contributed by atoms with Gasteiger partial charge in [0, 0.05) is 25.6 Å². The second kappa shape index (κ2) is 10.1. The molecule has 2 heterocycles. The molecule has 0 bridgehead atoms. The molecule has 6 heteroatoms. The van der Waals surface area contributed by atoms with E-state index >= 15 is 0 Å². The van der Waals surface area contributed by atoms with E-state index in [2.05, 4.69) is 0 Å². The Morgan fingerprint density at radius 3 is 2.39 bits per heavy atom. The first-order chi connectivity index (χ1) is 15.1. The minimum Gasteiger partial charge on any atom is -0.464 e. The van der Waals surface area contributed by atoms with E-state index < -0.39 is 0 Å². The van der Waals surface area contributed by atoms with Crippen molar-refractivity contribution in [2.75, 3.05) is 19.7 Å². The molecule has 1 aromatic heterocycles. The van der Waals surface area contributed by atoms with E-state index in [1.165, 1.54) is 0 Å². The van der Waals surface area contributed by atoms with Crippen LogP contribution >= 0.6 is 0 Å². The number of ether oxygens (including phenoxy) is 1. The van der Waals surface area contributed by atoms with Crippen LogP contribution in [0.3, 0.4) is 0 Å². The van der Waals surface area contributed by atoms with Crippen LogP contribution in [0.15, 0.2) is 46.9 Å². The molecule has 1 aromatic carbocycles. The summed E-state index contributed by atoms with van der Waals surface area (Å²) in [4.78, 5) is 30.0. The predicted octanol–water partition coefficient (Wildman–Crippen LogP) is 3.92. The van der Waals surface area contributed by atoms with Crippen LogP contribution in [-0.4, -0.2) is 47.4 Å². The van der Waals surface area contributed by atoms with Gasteiger partial charge in [-0.1, -0.05) is 36.8 Å². The molecule has 2 fully saturated rings. The molecule has 1 saturated heterocycles. The van der Waals surface area contributed by atoms with Crippen LogP contribution in [0, 0.1) is 12.8 Å². The summed E-state index contributed by atoms with van der Waals surface area (Å²) in [5, 5.41) is 0. The van der Waals surface area contributed by atoms with Crippen molar-refractivity contribution in [1.29, 1.82) is 0 Å². The third-order valence-electron chi connectivity index (χ3n) is 6.25. The minimum absolute atomic E-state index is 0.0344. The Balaban J connectivity index is 1.48. The minimum atomic E-state index is -0.0661. The van der Waals surface area contributed by atoms with Crippen molar-refractivity contribution in [1.82, 2.24) is 9.80 Å². The van der Waals surface area contributed by atoms with E-state index in [0.717, 1.165) is 55.8 Å². The van der Waals surface area contributed by atoms with Crippen LogP contribution < -0.4 is 0 Å². The lowest BCUT2D eigenvalue weighted by Gasteiger charge is -2.34. The number of hydrogen-bond donors (Lipinski definition) is 0. The Morgan fingerprint density at radius 2 is 1.77 bits per heavy atom. The second-order valence-corrected chi connectivity index (χ2v) is 8.73. The van der Waals surface area contributed by atoms with Crippen molar-refractivity contribution in [3.63, 3.8) is 0 Å². The maximum atomic E-state index is 13.4. The molecule has 6 nitrogen and oxygen atoms in total. The van der Waals surface area contributed by atoms with Gasteiger partial charge in [0.25, 0.3) is 0 Å². The van der Waals surface area contributed by atoms with Crippen LogP contribution in [-0.2, 0) is 27.4 Å². The summed E-state index contributed by atoms with van der Waals surface area (Å²) in [6.45, 7) is 4.08. The van der Waals surface area contributed by atoms with Gasteiger partial charge in [-0.2, -0.15) is 0 Å². The van der Waals surface area contributed by atoms with Crippen LogP contribution in [0.25, 0.3) is 0 Å². The Bertz CT molecular complexity index is 869. The third kappa shape index (κ3) is 5.76. The first-order valence-corrected chi connectivity index (χ1v) is 11.4. The molecule has 2 aromatic rings. The first-order valence-electron chi connectivity index (χ1n) is 11.4. The van der Waals surface area contributed by atoms with Crippen LogP contribution in [0.5, 0.6) is 0 Å². The van der Waals surface area contributed by atoms with E-state index in [4.69, 9.17) is 9.15 Å². The normalized spacial score (nSPS) is 18.5. The number of amides is 2. The molecule has 4 rings (SSSR count). The van der Waals surface area contributed by atoms with Gasteiger partial charge in [-0.05, 0) is 50.3 Å². The van der Waals surface area contributed by atoms with Crippen molar-refractivity contribution in [2.45, 2.75) is 58.2 Å². The molecule has 1 aliphatic heterocycles. The fourth-order valence-corrected chi connectivity index (χ4v) is 4.24. The standard InChI is InChI=1S/C25H32N2O4/c1-19-12-13-23(31-19)17-26(15-20-7-3-2-4-8-20)24(28)18-27(16-22-11-6-14-30-22)25(29)21-9-5-10-21/h2-4,7-8,12-13,21-22H,5-6,9-11,14-18H2,1H3/t22-/m1/s1. The Morgan fingerprint density at radius 1 is 0.968 bits per heavy atom. The Kier molecular flexibility index (Phi) is 7.07. The quantitative estimate of drug-likeness (QED) is 0.612. The second-order valence-electron chi connectivity index (χ2n) is 8.73. The van der Waals surface area contributed by atoms with Crippen LogP contribution in [0.4, 0.5) is 0 Å². The molecule has 2 amide bonds. The number of benzene rings is 1. The highest BCUT2D eigenvalue weighted by atomic mass is 16.5. The lowest BCUT2D eigenvalue weighted by atomic mass is 9.84. The molecule has 1 atom stereocenters. The largest absolute Gasteiger partial charge is 0.464 e. The molecule has 2 aliphatic rings. The molecule has 31 heavy (non-hydrogen) atoms. The molecular weight excluding hydrogens is 392 g/mol. The summed E-state index contributed by atoms with van der Waals surface area (Å²) in [5.41, 5.74) is 1.05. The van der Waals surface area contributed by atoms with E-state index in [-0.39, 0.29) is 30.4 Å². The molecule has 1 saturated carbocycles. The van der Waals surface area contributed by atoms with Gasteiger partial charge >= 0.3 is 0 Å². The maximum absolute atomic E-state index is 13.4. The van der Waals surface area contributed by atoms with Gasteiger partial charge in [0.1, 0.15) is 11.5 Å². The lowest BCUT2D eigenvalue weighted by Crippen LogP contribution is -2.48. The average molecular weight is 425 g/mol. The highest BCUT2D eigenvalue weighted by molar-refractivity contribution is 5.86. The van der Waals surface area contributed by atoms with Crippen molar-refractivity contribution >= 4 is 11.8 Å². The smallest absolute Gasteiger partial charge is 0.242 e. The molecule has 166 valence electrons. The average Bonchev–Trinajstić information content (AvgIpc) is 3.38. The number of rotatable bonds is 9. The van der Waals surface area contributed by atoms with Crippen molar-refractivity contribution in [3.8, 4) is 0 Å². The van der Waals surface area contributed by atoms with Crippen LogP contribution in [0.1, 0.15) is 49.2 Å². The first kappa shape index (κ1) is 21.6. The summed E-state index contributed by atoms with van der Waals surface area (Å²) in [6.07, 6.45) is 4.94. The van der Waals surface area contributed by atoms with Gasteiger partial charge in [-0.15, -0.1) is 0 Å². The number of nitrogens with zero attached hydrogens (tertiary/aromatic N) is 2. The molecule has 0 unspecified atom stereocenters. The molecule has 0 N–H and O–H groups in total. The number of aryl methyl sites for hydroxylation is 1. The molecule has 0 radical (unpaired) electrons. The molecular formula is C25H32N2O4. The zero-order chi connectivity index (χ0) is 21.6. The van der Waals surface area contributed by atoms with Gasteiger partial charge < -0.3 is 19.0 Å². The van der Waals surface area contributed by atoms with Gasteiger partial charge in [0.05, 0.1) is 19.2 Å². The number of carbonyl (C=O) groups is 2. The Labute approximate surface area is 184 Å². The van der Waals surface area contributed by atoms with E-state index in [1.807, 2.05) is 49.4 Å². The number of carbonyl (C=O) groups excluding carboxylic acids is 2. The van der Waals surface area contributed by atoms with Gasteiger partial charge in [-0.25, -0.2) is 0 Å². The highest BCUT2D eigenvalue weighted by Crippen LogP contribution is 2.29. The van der Waals surface area contributed by atoms with Gasteiger partial charge in [0.15, 0.2) is 0 Å². The third-order valence-corrected chi connectivity index (χ3v) is 6.25. The summed E-state index contributed by atoms with van der Waals surface area (Å²) in [5.74, 6) is 1.66. The lowest BCUT2D eigenvalue weighted by molar-refractivity contribution is -0.146. The van der Waals surface area contributed by atoms with Gasteiger partial charge in [-0.3, -0.25) is 9.59 Å². The molecule has 1 aliphatic carbocycles. The zero-order valence-corrected chi connectivity index (χ0v) is 18.3. The van der Waals surface area contributed by atoms with E-state index in [9.17, 15) is 9.59 Å².